The minimum atomic E-state index is -0.480. The molecule has 0 saturated heterocycles. The van der Waals surface area contributed by atoms with E-state index in [1.165, 1.54) is 51.0 Å². The summed E-state index contributed by atoms with van der Waals surface area (Å²) in [5.74, 6) is 0.583. The smallest absolute Gasteiger partial charge is 0.343 e. The van der Waals surface area contributed by atoms with Gasteiger partial charge in [0.2, 0.25) is 0 Å². The molecule has 0 aliphatic carbocycles. The molecule has 0 radical (unpaired) electrons. The first-order chi connectivity index (χ1) is 15.6. The van der Waals surface area contributed by atoms with Crippen molar-refractivity contribution in [1.29, 1.82) is 0 Å². The van der Waals surface area contributed by atoms with Crippen LogP contribution in [0, 0.1) is 0 Å². The van der Waals surface area contributed by atoms with E-state index in [0.29, 0.717) is 24.3 Å². The van der Waals surface area contributed by atoms with Crippen LogP contribution in [0.2, 0.25) is 0 Å². The van der Waals surface area contributed by atoms with E-state index in [0.717, 1.165) is 18.6 Å². The fourth-order valence-electron chi connectivity index (χ4n) is 3.27. The van der Waals surface area contributed by atoms with Crippen LogP contribution in [-0.4, -0.2) is 30.4 Å². The number of rotatable bonds is 15. The van der Waals surface area contributed by atoms with E-state index >= 15 is 0 Å². The third-order valence-corrected chi connectivity index (χ3v) is 5.15. The van der Waals surface area contributed by atoms with Crippen LogP contribution < -0.4 is 9.47 Å². The Kier molecular flexibility index (Phi) is 12.0. The second kappa shape index (κ2) is 15.1. The molecule has 2 aromatic rings. The fraction of sp³-hybridized carbons (Fsp3) is 0.481. The molecule has 0 saturated carbocycles. The van der Waals surface area contributed by atoms with Crippen molar-refractivity contribution < 1.29 is 19.4 Å². The summed E-state index contributed by atoms with van der Waals surface area (Å²) in [6, 6.07) is 11.7. The summed E-state index contributed by atoms with van der Waals surface area (Å²) in [6.45, 7) is 5.67. The van der Waals surface area contributed by atoms with E-state index in [4.69, 9.17) is 9.47 Å². The third-order valence-electron chi connectivity index (χ3n) is 5.15. The molecule has 174 valence electrons. The van der Waals surface area contributed by atoms with Gasteiger partial charge in [0.1, 0.15) is 17.2 Å². The van der Waals surface area contributed by atoms with Gasteiger partial charge in [-0.1, -0.05) is 58.8 Å². The Balaban J connectivity index is 1.73. The average Bonchev–Trinajstić information content (AvgIpc) is 2.80. The summed E-state index contributed by atoms with van der Waals surface area (Å²) < 4.78 is 11.2. The van der Waals surface area contributed by atoms with Crippen LogP contribution >= 0.6 is 0 Å². The van der Waals surface area contributed by atoms with Crippen molar-refractivity contribution in [3.8, 4) is 17.2 Å². The van der Waals surface area contributed by atoms with Crippen molar-refractivity contribution in [2.45, 2.75) is 71.6 Å². The Labute approximate surface area is 192 Å². The first kappa shape index (κ1) is 25.4. The maximum Gasteiger partial charge on any atom is 0.343 e. The summed E-state index contributed by atoms with van der Waals surface area (Å²) in [4.78, 5) is 16.6. The van der Waals surface area contributed by atoms with Crippen LogP contribution in [-0.2, 0) is 0 Å². The number of carbonyl (C=O) groups excluding carboxylic acids is 1. The number of unbranched alkanes of at least 4 members (excludes halogenated alkanes) is 7. The van der Waals surface area contributed by atoms with Gasteiger partial charge < -0.3 is 14.6 Å². The molecule has 0 aromatic heterocycles. The molecule has 0 amide bonds. The van der Waals surface area contributed by atoms with Crippen molar-refractivity contribution in [2.24, 2.45) is 4.99 Å². The van der Waals surface area contributed by atoms with Crippen LogP contribution in [0.15, 0.2) is 47.5 Å². The van der Waals surface area contributed by atoms with E-state index in [1.54, 1.807) is 42.6 Å². The number of phenols is 1. The van der Waals surface area contributed by atoms with Gasteiger partial charge in [-0.2, -0.15) is 0 Å². The Morgan fingerprint density at radius 2 is 1.53 bits per heavy atom. The number of esters is 1. The van der Waals surface area contributed by atoms with Gasteiger partial charge in [-0.3, -0.25) is 4.99 Å². The summed E-state index contributed by atoms with van der Waals surface area (Å²) in [7, 11) is 0. The lowest BCUT2D eigenvalue weighted by molar-refractivity contribution is 0.0734. The number of nitrogens with zero attached hydrogens (tertiary/aromatic N) is 1. The minimum Gasteiger partial charge on any atom is -0.507 e. The topological polar surface area (TPSA) is 68.1 Å². The zero-order valence-electron chi connectivity index (χ0n) is 19.5. The highest BCUT2D eigenvalue weighted by Crippen LogP contribution is 2.23. The second-order valence-corrected chi connectivity index (χ2v) is 7.99. The molecular formula is C27H37NO4. The Bertz CT molecular complexity index is 830. The summed E-state index contributed by atoms with van der Waals surface area (Å²) in [5, 5.41) is 10.1. The van der Waals surface area contributed by atoms with E-state index in [1.807, 2.05) is 6.92 Å². The molecule has 0 fully saturated rings. The molecule has 5 heteroatoms. The molecule has 1 N–H and O–H groups in total. The fourth-order valence-corrected chi connectivity index (χ4v) is 3.27. The highest BCUT2D eigenvalue weighted by molar-refractivity contribution is 5.91. The monoisotopic (exact) mass is 439 g/mol. The number of aromatic hydroxyl groups is 1. The normalized spacial score (nSPS) is 11.1. The molecule has 0 aliphatic rings. The van der Waals surface area contributed by atoms with E-state index < -0.39 is 5.97 Å². The van der Waals surface area contributed by atoms with Gasteiger partial charge in [-0.25, -0.2) is 4.79 Å². The molecule has 0 spiro atoms. The molecule has 2 aromatic carbocycles. The van der Waals surface area contributed by atoms with Crippen molar-refractivity contribution in [2.75, 3.05) is 13.2 Å². The van der Waals surface area contributed by atoms with E-state index in [9.17, 15) is 9.90 Å². The van der Waals surface area contributed by atoms with Gasteiger partial charge in [0.25, 0.3) is 0 Å². The number of hydrogen-bond donors (Lipinski definition) is 1. The van der Waals surface area contributed by atoms with E-state index in [2.05, 4.69) is 11.9 Å². The molecule has 0 bridgehead atoms. The predicted molar refractivity (Wildman–Crippen MR) is 130 cm³/mol. The molecule has 32 heavy (non-hydrogen) atoms. The maximum absolute atomic E-state index is 12.4. The molecular weight excluding hydrogens is 402 g/mol. The molecule has 5 nitrogen and oxygen atoms in total. The standard InChI is InChI=1S/C27H37NO4/c1-3-5-6-7-8-9-10-11-19-31-24-15-12-22(13-16-24)27(30)32-25-17-14-23(26(29)20-25)21-28-18-4-2/h12-17,20-21,29H,3-11,18-19H2,1-2H3. The Morgan fingerprint density at radius 3 is 2.19 bits per heavy atom. The largest absolute Gasteiger partial charge is 0.507 e. The number of phenolic OH excluding ortho intramolecular Hbond substituents is 1. The molecule has 0 atom stereocenters. The highest BCUT2D eigenvalue weighted by Gasteiger charge is 2.10. The first-order valence-corrected chi connectivity index (χ1v) is 11.9. The second-order valence-electron chi connectivity index (χ2n) is 7.99. The van der Waals surface area contributed by atoms with Crippen LogP contribution in [0.4, 0.5) is 0 Å². The number of hydrogen-bond acceptors (Lipinski definition) is 5. The van der Waals surface area contributed by atoms with Gasteiger partial charge in [0.05, 0.1) is 12.2 Å². The first-order valence-electron chi connectivity index (χ1n) is 11.9. The lowest BCUT2D eigenvalue weighted by atomic mass is 10.1. The minimum absolute atomic E-state index is 0.0276. The SMILES string of the molecule is CCCCCCCCCCOc1ccc(C(=O)Oc2ccc(C=NCCC)c(O)c2)cc1. The quantitative estimate of drug-likeness (QED) is 0.141. The number of ether oxygens (including phenoxy) is 2. The maximum atomic E-state index is 12.4. The van der Waals surface area contributed by atoms with Gasteiger partial charge in [-0.05, 0) is 49.2 Å². The van der Waals surface area contributed by atoms with Crippen molar-refractivity contribution in [1.82, 2.24) is 0 Å². The molecule has 0 aliphatic heterocycles. The number of benzene rings is 2. The molecule has 2 rings (SSSR count). The van der Waals surface area contributed by atoms with Crippen LogP contribution in [0.5, 0.6) is 17.2 Å². The Hall–Kier alpha value is -2.82. The zero-order valence-corrected chi connectivity index (χ0v) is 19.5. The average molecular weight is 440 g/mol. The summed E-state index contributed by atoms with van der Waals surface area (Å²) in [6.07, 6.45) is 12.7. The third kappa shape index (κ3) is 9.54. The van der Waals surface area contributed by atoms with Gasteiger partial charge >= 0.3 is 5.97 Å². The lowest BCUT2D eigenvalue weighted by Crippen LogP contribution is -2.08. The summed E-state index contributed by atoms with van der Waals surface area (Å²) in [5.41, 5.74) is 1.02. The van der Waals surface area contributed by atoms with Gasteiger partial charge in [0, 0.05) is 24.4 Å². The zero-order chi connectivity index (χ0) is 23.0. The van der Waals surface area contributed by atoms with E-state index in [-0.39, 0.29) is 11.5 Å². The predicted octanol–water partition coefficient (Wildman–Crippen LogP) is 6.96. The van der Waals surface area contributed by atoms with Crippen LogP contribution in [0.3, 0.4) is 0 Å². The lowest BCUT2D eigenvalue weighted by Gasteiger charge is -2.08. The molecule has 0 unspecified atom stereocenters. The van der Waals surface area contributed by atoms with Gasteiger partial charge in [-0.15, -0.1) is 0 Å². The van der Waals surface area contributed by atoms with Crippen LogP contribution in [0.1, 0.15) is 87.6 Å². The highest BCUT2D eigenvalue weighted by atomic mass is 16.5. The van der Waals surface area contributed by atoms with Crippen molar-refractivity contribution in [3.05, 3.63) is 53.6 Å². The number of carbonyl (C=O) groups is 1. The number of aliphatic imine (C=N–C) groups is 1. The van der Waals surface area contributed by atoms with Crippen molar-refractivity contribution >= 4 is 12.2 Å². The summed E-state index contributed by atoms with van der Waals surface area (Å²) >= 11 is 0. The molecule has 0 heterocycles. The Morgan fingerprint density at radius 1 is 0.875 bits per heavy atom. The van der Waals surface area contributed by atoms with Gasteiger partial charge in [0.15, 0.2) is 0 Å². The van der Waals surface area contributed by atoms with Crippen molar-refractivity contribution in [3.63, 3.8) is 0 Å². The van der Waals surface area contributed by atoms with Crippen LogP contribution in [0.25, 0.3) is 0 Å².